The van der Waals surface area contributed by atoms with Gasteiger partial charge in [-0.15, -0.1) is 0 Å². The number of hydrogen-bond acceptors (Lipinski definition) is 5. The summed E-state index contributed by atoms with van der Waals surface area (Å²) in [6.45, 7) is 2.39. The Kier molecular flexibility index (Phi) is 3.96. The number of amides is 1. The third-order valence-electron chi connectivity index (χ3n) is 3.36. The molecule has 100 valence electrons. The van der Waals surface area contributed by atoms with Crippen molar-refractivity contribution in [3.05, 3.63) is 11.7 Å². The topological polar surface area (TPSA) is 94.0 Å². The Hall–Kier alpha value is -1.43. The van der Waals surface area contributed by atoms with Crippen LogP contribution in [0.25, 0.3) is 0 Å². The molecule has 0 radical (unpaired) electrons. The molecule has 0 atom stereocenters. The molecule has 1 aliphatic carbocycles. The fourth-order valence-corrected chi connectivity index (χ4v) is 2.39. The van der Waals surface area contributed by atoms with Crippen LogP contribution in [0.15, 0.2) is 4.52 Å². The Labute approximate surface area is 106 Å². The lowest BCUT2D eigenvalue weighted by atomic mass is 9.80. The van der Waals surface area contributed by atoms with Crippen LogP contribution >= 0.6 is 0 Å². The smallest absolute Gasteiger partial charge is 0.292 e. The van der Waals surface area contributed by atoms with Crippen LogP contribution in [0, 0.1) is 0 Å². The maximum Gasteiger partial charge on any atom is 0.292 e. The van der Waals surface area contributed by atoms with E-state index >= 15 is 0 Å². The summed E-state index contributed by atoms with van der Waals surface area (Å²) in [6, 6.07) is 0. The molecule has 1 fully saturated rings. The number of nitrogens with one attached hydrogen (secondary N) is 1. The summed E-state index contributed by atoms with van der Waals surface area (Å²) in [6.07, 6.45) is 6.05. The lowest BCUT2D eigenvalue weighted by molar-refractivity contribution is 0.0942. The van der Waals surface area contributed by atoms with Gasteiger partial charge in [-0.25, -0.2) is 0 Å². The van der Waals surface area contributed by atoms with Gasteiger partial charge in [-0.05, 0) is 19.8 Å². The van der Waals surface area contributed by atoms with E-state index in [4.69, 9.17) is 10.3 Å². The number of carbonyl (C=O) groups is 1. The number of rotatable bonds is 4. The van der Waals surface area contributed by atoms with Crippen LogP contribution in [0.4, 0.5) is 0 Å². The Balaban J connectivity index is 1.99. The summed E-state index contributed by atoms with van der Waals surface area (Å²) >= 11 is 0. The van der Waals surface area contributed by atoms with Crippen molar-refractivity contribution < 1.29 is 9.32 Å². The average Bonchev–Trinajstić information content (AvgIpc) is 2.78. The molecule has 0 unspecified atom stereocenters. The van der Waals surface area contributed by atoms with Crippen LogP contribution in [-0.4, -0.2) is 28.1 Å². The quantitative estimate of drug-likeness (QED) is 0.834. The predicted molar refractivity (Wildman–Crippen MR) is 66.0 cm³/mol. The molecule has 1 aliphatic rings. The minimum atomic E-state index is -0.304. The zero-order valence-corrected chi connectivity index (χ0v) is 10.7. The van der Waals surface area contributed by atoms with Crippen LogP contribution in [0.1, 0.15) is 55.5 Å². The van der Waals surface area contributed by atoms with E-state index in [0.717, 1.165) is 25.7 Å². The van der Waals surface area contributed by atoms with Gasteiger partial charge in [0.05, 0.1) is 0 Å². The van der Waals surface area contributed by atoms with E-state index in [0.29, 0.717) is 18.9 Å². The molecule has 1 aromatic rings. The number of nitrogens with zero attached hydrogens (tertiary/aromatic N) is 2. The molecule has 6 heteroatoms. The van der Waals surface area contributed by atoms with Gasteiger partial charge in [0.2, 0.25) is 5.89 Å². The van der Waals surface area contributed by atoms with Gasteiger partial charge in [0.25, 0.3) is 11.7 Å². The summed E-state index contributed by atoms with van der Waals surface area (Å²) in [4.78, 5) is 15.6. The van der Waals surface area contributed by atoms with Crippen molar-refractivity contribution in [3.63, 3.8) is 0 Å². The van der Waals surface area contributed by atoms with E-state index in [2.05, 4.69) is 15.5 Å². The Bertz CT molecular complexity index is 410. The van der Waals surface area contributed by atoms with Crippen molar-refractivity contribution in [3.8, 4) is 0 Å². The van der Waals surface area contributed by atoms with E-state index in [1.54, 1.807) is 0 Å². The van der Waals surface area contributed by atoms with Gasteiger partial charge >= 0.3 is 0 Å². The minimum absolute atomic E-state index is 0.0891. The fourth-order valence-electron chi connectivity index (χ4n) is 2.39. The van der Waals surface area contributed by atoms with Crippen LogP contribution in [0.5, 0.6) is 0 Å². The number of nitrogens with two attached hydrogens (primary N) is 1. The van der Waals surface area contributed by atoms with E-state index in [1.807, 2.05) is 6.92 Å². The van der Waals surface area contributed by atoms with Crippen molar-refractivity contribution in [1.82, 2.24) is 15.5 Å². The van der Waals surface area contributed by atoms with Crippen LogP contribution in [0.2, 0.25) is 0 Å². The molecule has 0 spiro atoms. The molecule has 0 aromatic carbocycles. The summed E-state index contributed by atoms with van der Waals surface area (Å²) in [5, 5.41) is 6.31. The van der Waals surface area contributed by atoms with E-state index in [1.165, 1.54) is 6.42 Å². The Morgan fingerprint density at radius 1 is 1.44 bits per heavy atom. The highest BCUT2D eigenvalue weighted by Crippen LogP contribution is 2.28. The lowest BCUT2D eigenvalue weighted by Gasteiger charge is -2.31. The summed E-state index contributed by atoms with van der Waals surface area (Å²) in [5.41, 5.74) is 6.06. The molecule has 0 aliphatic heterocycles. The van der Waals surface area contributed by atoms with Gasteiger partial charge in [0.15, 0.2) is 0 Å². The summed E-state index contributed by atoms with van der Waals surface area (Å²) in [7, 11) is 0. The fraction of sp³-hybridized carbons (Fsp3) is 0.750. The zero-order valence-electron chi connectivity index (χ0n) is 10.7. The van der Waals surface area contributed by atoms with E-state index < -0.39 is 0 Å². The molecule has 1 heterocycles. The van der Waals surface area contributed by atoms with Gasteiger partial charge in [-0.3, -0.25) is 4.79 Å². The maximum atomic E-state index is 11.5. The van der Waals surface area contributed by atoms with Crippen molar-refractivity contribution >= 4 is 5.91 Å². The van der Waals surface area contributed by atoms with Crippen molar-refractivity contribution in [1.29, 1.82) is 0 Å². The molecular weight excluding hydrogens is 232 g/mol. The second kappa shape index (κ2) is 5.48. The Morgan fingerprint density at radius 3 is 2.83 bits per heavy atom. The number of hydrogen-bond donors (Lipinski definition) is 2. The van der Waals surface area contributed by atoms with Crippen molar-refractivity contribution in [2.24, 2.45) is 5.73 Å². The van der Waals surface area contributed by atoms with E-state index in [-0.39, 0.29) is 17.3 Å². The standard InChI is InChI=1S/C12H20N4O2/c1-2-14-11(17)10-15-9(18-16-10)8-12(13)6-4-3-5-7-12/h2-8,13H2,1H3,(H,14,17). The van der Waals surface area contributed by atoms with Gasteiger partial charge in [-0.1, -0.05) is 24.4 Å². The summed E-state index contributed by atoms with van der Waals surface area (Å²) in [5.74, 6) is 0.245. The predicted octanol–water partition coefficient (Wildman–Crippen LogP) is 1.02. The van der Waals surface area contributed by atoms with Gasteiger partial charge in [0.1, 0.15) is 0 Å². The largest absolute Gasteiger partial charge is 0.349 e. The van der Waals surface area contributed by atoms with E-state index in [9.17, 15) is 4.79 Å². The molecule has 1 aromatic heterocycles. The first-order valence-electron chi connectivity index (χ1n) is 6.53. The SMILES string of the molecule is CCNC(=O)c1noc(CC2(N)CCCCC2)n1. The second-order valence-electron chi connectivity index (χ2n) is 4.97. The number of carbonyl (C=O) groups excluding carboxylic acids is 1. The first-order chi connectivity index (χ1) is 8.63. The minimum Gasteiger partial charge on any atom is -0.349 e. The van der Waals surface area contributed by atoms with Crippen LogP contribution in [0.3, 0.4) is 0 Å². The molecule has 1 saturated carbocycles. The third kappa shape index (κ3) is 3.07. The molecular formula is C12H20N4O2. The molecule has 18 heavy (non-hydrogen) atoms. The van der Waals surface area contributed by atoms with Crippen molar-refractivity contribution in [2.45, 2.75) is 51.0 Å². The zero-order chi connectivity index (χ0) is 13.0. The lowest BCUT2D eigenvalue weighted by Crippen LogP contribution is -2.43. The number of aromatic nitrogens is 2. The first kappa shape index (κ1) is 13.0. The average molecular weight is 252 g/mol. The highest BCUT2D eigenvalue weighted by molar-refractivity contribution is 5.90. The third-order valence-corrected chi connectivity index (χ3v) is 3.36. The highest BCUT2D eigenvalue weighted by Gasteiger charge is 2.30. The van der Waals surface area contributed by atoms with Crippen molar-refractivity contribution in [2.75, 3.05) is 6.54 Å². The summed E-state index contributed by atoms with van der Waals surface area (Å²) < 4.78 is 5.10. The molecule has 0 bridgehead atoms. The normalized spacial score (nSPS) is 18.6. The van der Waals surface area contributed by atoms with Gasteiger partial charge in [-0.2, -0.15) is 4.98 Å². The highest BCUT2D eigenvalue weighted by atomic mass is 16.5. The molecule has 1 amide bonds. The van der Waals surface area contributed by atoms with Gasteiger partial charge in [0, 0.05) is 18.5 Å². The molecule has 2 rings (SSSR count). The molecule has 3 N–H and O–H groups in total. The monoisotopic (exact) mass is 252 g/mol. The second-order valence-corrected chi connectivity index (χ2v) is 4.97. The Morgan fingerprint density at radius 2 is 2.17 bits per heavy atom. The van der Waals surface area contributed by atoms with Crippen LogP contribution < -0.4 is 11.1 Å². The first-order valence-corrected chi connectivity index (χ1v) is 6.53. The van der Waals surface area contributed by atoms with Crippen LogP contribution in [-0.2, 0) is 6.42 Å². The maximum absolute atomic E-state index is 11.5. The molecule has 6 nitrogen and oxygen atoms in total. The molecule has 0 saturated heterocycles. The van der Waals surface area contributed by atoms with Gasteiger partial charge < -0.3 is 15.6 Å².